The second-order valence-electron chi connectivity index (χ2n) is 8.85. The Hall–Kier alpha value is -2.82. The van der Waals surface area contributed by atoms with Gasteiger partial charge in [-0.3, -0.25) is 9.59 Å². The minimum atomic E-state index is -0.388. The standard InChI is InChI=1S/C25H27NO4/c1-16-14-25-20-9-8-19(30-15-17-6-4-3-5-7-17)12-18(20)10-11-26(25)22(27)13-21(25)23(16)24(28)29-2/h3-9,12,16,21,23H,10-11,13-15H2,1-2H3/t16-,21-,23+,25?/m0/s1. The second-order valence-corrected chi connectivity index (χ2v) is 8.85. The van der Waals surface area contributed by atoms with Gasteiger partial charge in [-0.25, -0.2) is 0 Å². The lowest BCUT2D eigenvalue weighted by atomic mass is 9.74. The van der Waals surface area contributed by atoms with Gasteiger partial charge >= 0.3 is 5.97 Å². The molecule has 30 heavy (non-hydrogen) atoms. The van der Waals surface area contributed by atoms with E-state index in [4.69, 9.17) is 9.47 Å². The summed E-state index contributed by atoms with van der Waals surface area (Å²) in [5, 5.41) is 0. The third-order valence-corrected chi connectivity index (χ3v) is 7.34. The van der Waals surface area contributed by atoms with Crippen LogP contribution in [0.4, 0.5) is 0 Å². The van der Waals surface area contributed by atoms with Crippen molar-refractivity contribution in [3.63, 3.8) is 0 Å². The van der Waals surface area contributed by atoms with Gasteiger partial charge < -0.3 is 14.4 Å². The fourth-order valence-corrected chi connectivity index (χ4v) is 6.16. The molecule has 4 atom stereocenters. The van der Waals surface area contributed by atoms with E-state index in [0.29, 0.717) is 19.6 Å². The molecule has 2 aromatic rings. The van der Waals surface area contributed by atoms with Crippen LogP contribution in [-0.4, -0.2) is 30.4 Å². The van der Waals surface area contributed by atoms with Gasteiger partial charge in [-0.05, 0) is 47.6 Å². The van der Waals surface area contributed by atoms with Gasteiger partial charge in [-0.15, -0.1) is 0 Å². The zero-order valence-corrected chi connectivity index (χ0v) is 17.5. The molecule has 2 fully saturated rings. The number of hydrogen-bond acceptors (Lipinski definition) is 4. The highest BCUT2D eigenvalue weighted by Gasteiger charge is 2.65. The van der Waals surface area contributed by atoms with Crippen molar-refractivity contribution in [1.29, 1.82) is 0 Å². The number of ether oxygens (including phenoxy) is 2. The fourth-order valence-electron chi connectivity index (χ4n) is 6.16. The molecule has 2 heterocycles. The maximum Gasteiger partial charge on any atom is 0.309 e. The quantitative estimate of drug-likeness (QED) is 0.728. The van der Waals surface area contributed by atoms with Crippen molar-refractivity contribution in [1.82, 2.24) is 4.90 Å². The van der Waals surface area contributed by atoms with E-state index in [9.17, 15) is 9.59 Å². The molecule has 2 aliphatic heterocycles. The maximum atomic E-state index is 12.9. The predicted octanol–water partition coefficient (Wildman–Crippen LogP) is 3.69. The molecule has 1 saturated carbocycles. The van der Waals surface area contributed by atoms with Gasteiger partial charge in [-0.1, -0.05) is 43.3 Å². The normalized spacial score (nSPS) is 29.2. The zero-order chi connectivity index (χ0) is 20.9. The Kier molecular flexibility index (Phi) is 4.57. The summed E-state index contributed by atoms with van der Waals surface area (Å²) in [7, 11) is 1.44. The lowest BCUT2D eigenvalue weighted by molar-refractivity contribution is -0.148. The Morgan fingerprint density at radius 2 is 2.00 bits per heavy atom. The summed E-state index contributed by atoms with van der Waals surface area (Å²) in [5.74, 6) is 0.744. The van der Waals surface area contributed by atoms with Gasteiger partial charge in [-0.2, -0.15) is 0 Å². The average molecular weight is 405 g/mol. The zero-order valence-electron chi connectivity index (χ0n) is 17.5. The summed E-state index contributed by atoms with van der Waals surface area (Å²) in [6, 6.07) is 16.4. The Labute approximate surface area is 177 Å². The van der Waals surface area contributed by atoms with Crippen molar-refractivity contribution < 1.29 is 19.1 Å². The molecule has 1 aliphatic carbocycles. The van der Waals surface area contributed by atoms with Crippen LogP contribution >= 0.6 is 0 Å². The first-order chi connectivity index (χ1) is 14.5. The molecule has 1 spiro atoms. The van der Waals surface area contributed by atoms with Crippen LogP contribution in [0.3, 0.4) is 0 Å². The van der Waals surface area contributed by atoms with Crippen LogP contribution in [0.1, 0.15) is 36.5 Å². The molecular formula is C25H27NO4. The number of carbonyl (C=O) groups excluding carboxylic acids is 2. The van der Waals surface area contributed by atoms with Crippen LogP contribution in [0.15, 0.2) is 48.5 Å². The van der Waals surface area contributed by atoms with Crippen LogP contribution in [-0.2, 0) is 32.9 Å². The van der Waals surface area contributed by atoms with E-state index in [2.05, 4.69) is 31.2 Å². The van der Waals surface area contributed by atoms with E-state index < -0.39 is 0 Å². The van der Waals surface area contributed by atoms with Crippen molar-refractivity contribution in [2.45, 2.75) is 38.3 Å². The lowest BCUT2D eigenvalue weighted by Gasteiger charge is -2.44. The second kappa shape index (κ2) is 7.15. The molecule has 5 rings (SSSR count). The van der Waals surface area contributed by atoms with Gasteiger partial charge in [0.15, 0.2) is 0 Å². The number of rotatable bonds is 4. The number of benzene rings is 2. The molecule has 0 radical (unpaired) electrons. The molecule has 2 aromatic carbocycles. The minimum absolute atomic E-state index is 0.0254. The highest BCUT2D eigenvalue weighted by Crippen LogP contribution is 2.61. The molecule has 0 N–H and O–H groups in total. The average Bonchev–Trinajstić information content (AvgIpc) is 3.19. The largest absolute Gasteiger partial charge is 0.489 e. The fraction of sp³-hybridized carbons (Fsp3) is 0.440. The van der Waals surface area contributed by atoms with E-state index in [0.717, 1.165) is 24.2 Å². The van der Waals surface area contributed by atoms with Crippen LogP contribution in [0.5, 0.6) is 5.75 Å². The number of nitrogens with zero attached hydrogens (tertiary/aromatic N) is 1. The first kappa shape index (κ1) is 19.2. The third-order valence-electron chi connectivity index (χ3n) is 7.34. The monoisotopic (exact) mass is 405 g/mol. The number of carbonyl (C=O) groups is 2. The van der Waals surface area contributed by atoms with Gasteiger partial charge in [0.25, 0.3) is 0 Å². The highest BCUT2D eigenvalue weighted by molar-refractivity contribution is 5.85. The Balaban J connectivity index is 1.48. The molecule has 1 amide bonds. The van der Waals surface area contributed by atoms with Crippen molar-refractivity contribution in [2.75, 3.05) is 13.7 Å². The molecular weight excluding hydrogens is 378 g/mol. The first-order valence-corrected chi connectivity index (χ1v) is 10.7. The summed E-state index contributed by atoms with van der Waals surface area (Å²) in [6.45, 7) is 3.34. The van der Waals surface area contributed by atoms with E-state index in [1.54, 1.807) is 0 Å². The van der Waals surface area contributed by atoms with Gasteiger partial charge in [0, 0.05) is 18.9 Å². The highest BCUT2D eigenvalue weighted by atomic mass is 16.5. The first-order valence-electron chi connectivity index (χ1n) is 10.7. The van der Waals surface area contributed by atoms with Gasteiger partial charge in [0.2, 0.25) is 5.91 Å². The molecule has 0 bridgehead atoms. The van der Waals surface area contributed by atoms with E-state index >= 15 is 0 Å². The molecule has 1 saturated heterocycles. The van der Waals surface area contributed by atoms with Crippen molar-refractivity contribution in [3.8, 4) is 5.75 Å². The van der Waals surface area contributed by atoms with E-state index in [1.807, 2.05) is 29.2 Å². The summed E-state index contributed by atoms with van der Waals surface area (Å²) in [4.78, 5) is 27.5. The molecule has 5 heteroatoms. The van der Waals surface area contributed by atoms with Crippen LogP contribution in [0, 0.1) is 17.8 Å². The molecule has 0 aromatic heterocycles. The number of fused-ring (bicyclic) bond motifs is 1. The topological polar surface area (TPSA) is 55.8 Å². The van der Waals surface area contributed by atoms with Crippen molar-refractivity contribution >= 4 is 11.9 Å². The smallest absolute Gasteiger partial charge is 0.309 e. The molecule has 156 valence electrons. The summed E-state index contributed by atoms with van der Waals surface area (Å²) in [6.07, 6.45) is 2.05. The van der Waals surface area contributed by atoms with Crippen LogP contribution in [0.25, 0.3) is 0 Å². The molecule has 1 unspecified atom stereocenters. The molecule has 5 nitrogen and oxygen atoms in total. The summed E-state index contributed by atoms with van der Waals surface area (Å²) >= 11 is 0. The number of hydrogen-bond donors (Lipinski definition) is 0. The van der Waals surface area contributed by atoms with Crippen molar-refractivity contribution in [2.24, 2.45) is 17.8 Å². The van der Waals surface area contributed by atoms with Crippen LogP contribution in [0.2, 0.25) is 0 Å². The lowest BCUT2D eigenvalue weighted by Crippen LogP contribution is -2.49. The van der Waals surface area contributed by atoms with E-state index in [1.165, 1.54) is 18.2 Å². The predicted molar refractivity (Wildman–Crippen MR) is 112 cm³/mol. The van der Waals surface area contributed by atoms with Gasteiger partial charge in [0.1, 0.15) is 12.4 Å². The number of methoxy groups -OCH3 is 1. The SMILES string of the molecule is COC(=O)[C@@H]1[C@@H](C)CC23c4ccc(OCc5ccccc5)cc4CCN2C(=O)C[C@@H]13. The number of esters is 1. The Morgan fingerprint density at radius 3 is 2.77 bits per heavy atom. The summed E-state index contributed by atoms with van der Waals surface area (Å²) in [5.41, 5.74) is 3.16. The van der Waals surface area contributed by atoms with Gasteiger partial charge in [0.05, 0.1) is 18.6 Å². The Bertz CT molecular complexity index is 988. The molecule has 3 aliphatic rings. The van der Waals surface area contributed by atoms with Crippen molar-refractivity contribution in [3.05, 3.63) is 65.2 Å². The minimum Gasteiger partial charge on any atom is -0.489 e. The third kappa shape index (κ3) is 2.75. The Morgan fingerprint density at radius 1 is 1.20 bits per heavy atom. The number of amides is 1. The summed E-state index contributed by atoms with van der Waals surface area (Å²) < 4.78 is 11.2. The van der Waals surface area contributed by atoms with E-state index in [-0.39, 0.29) is 35.2 Å². The maximum absolute atomic E-state index is 12.9. The van der Waals surface area contributed by atoms with Crippen LogP contribution < -0.4 is 4.74 Å².